The van der Waals surface area contributed by atoms with Crippen LogP contribution in [-0.2, 0) is 6.54 Å². The average Bonchev–Trinajstić information content (AvgIpc) is 2.89. The van der Waals surface area contributed by atoms with Crippen molar-refractivity contribution in [2.75, 3.05) is 0 Å². The molecule has 0 aliphatic rings. The summed E-state index contributed by atoms with van der Waals surface area (Å²) in [5.41, 5.74) is 3.61. The molecular formula is C29H21ClN2O2. The minimum atomic E-state index is -0.260. The van der Waals surface area contributed by atoms with Gasteiger partial charge >= 0.3 is 0 Å². The van der Waals surface area contributed by atoms with Crippen molar-refractivity contribution in [1.82, 2.24) is 10.3 Å². The maximum Gasteiger partial charge on any atom is 0.257 e. The minimum Gasteiger partial charge on any atom is -0.438 e. The molecule has 4 aromatic carbocycles. The van der Waals surface area contributed by atoms with Gasteiger partial charge in [-0.3, -0.25) is 4.79 Å². The van der Waals surface area contributed by atoms with Gasteiger partial charge < -0.3 is 10.1 Å². The van der Waals surface area contributed by atoms with E-state index in [0.29, 0.717) is 22.9 Å². The highest BCUT2D eigenvalue weighted by Gasteiger charge is 2.16. The van der Waals surface area contributed by atoms with Gasteiger partial charge in [0.15, 0.2) is 0 Å². The lowest BCUT2D eigenvalue weighted by atomic mass is 9.93. The molecule has 0 bridgehead atoms. The number of nitrogens with zero attached hydrogens (tertiary/aromatic N) is 1. The molecule has 0 saturated carbocycles. The Balaban J connectivity index is 1.43. The van der Waals surface area contributed by atoms with Crippen molar-refractivity contribution >= 4 is 28.3 Å². The van der Waals surface area contributed by atoms with Gasteiger partial charge in [0.25, 0.3) is 5.91 Å². The van der Waals surface area contributed by atoms with Crippen LogP contribution in [0.15, 0.2) is 109 Å². The number of ether oxygens (including phenoxy) is 1. The van der Waals surface area contributed by atoms with Crippen LogP contribution < -0.4 is 10.1 Å². The second-order valence-electron chi connectivity index (χ2n) is 7.78. The Morgan fingerprint density at radius 2 is 1.59 bits per heavy atom. The number of fused-ring (bicyclic) bond motifs is 1. The monoisotopic (exact) mass is 464 g/mol. The summed E-state index contributed by atoms with van der Waals surface area (Å²) in [5.74, 6) is 0.534. The second kappa shape index (κ2) is 9.77. The number of benzene rings is 4. The van der Waals surface area contributed by atoms with Crippen molar-refractivity contribution in [2.24, 2.45) is 0 Å². The number of hydrogen-bond acceptors (Lipinski definition) is 3. The van der Waals surface area contributed by atoms with Crippen LogP contribution in [-0.4, -0.2) is 10.9 Å². The van der Waals surface area contributed by atoms with E-state index in [1.807, 2.05) is 30.3 Å². The van der Waals surface area contributed by atoms with Gasteiger partial charge in [-0.2, -0.15) is 0 Å². The second-order valence-corrected chi connectivity index (χ2v) is 8.22. The Labute approximate surface area is 202 Å². The van der Waals surface area contributed by atoms with E-state index in [1.165, 1.54) is 0 Å². The molecule has 4 nitrogen and oxygen atoms in total. The molecule has 0 atom stereocenters. The summed E-state index contributed by atoms with van der Waals surface area (Å²) in [5, 5.41) is 5.95. The fraction of sp³-hybridized carbons (Fsp3) is 0.0345. The molecule has 1 heterocycles. The van der Waals surface area contributed by atoms with Gasteiger partial charge in [-0.25, -0.2) is 4.98 Å². The predicted molar refractivity (Wildman–Crippen MR) is 136 cm³/mol. The number of nitrogens with one attached hydrogen (secondary N) is 1. The molecule has 1 N–H and O–H groups in total. The molecule has 5 heteroatoms. The Kier molecular flexibility index (Phi) is 6.23. The number of carbonyl (C=O) groups is 1. The van der Waals surface area contributed by atoms with Crippen molar-refractivity contribution in [2.45, 2.75) is 6.54 Å². The summed E-state index contributed by atoms with van der Waals surface area (Å²) < 4.78 is 5.86. The summed E-state index contributed by atoms with van der Waals surface area (Å²) in [4.78, 5) is 17.4. The number of rotatable bonds is 6. The maximum atomic E-state index is 13.1. The fourth-order valence-electron chi connectivity index (χ4n) is 3.94. The number of hydrogen-bond donors (Lipinski definition) is 1. The highest BCUT2D eigenvalue weighted by Crippen LogP contribution is 2.32. The molecule has 0 radical (unpaired) electrons. The number of carbonyl (C=O) groups excluding carboxylic acids is 1. The molecule has 0 fully saturated rings. The van der Waals surface area contributed by atoms with E-state index >= 15 is 0 Å². The van der Waals surface area contributed by atoms with Crippen LogP contribution in [0.5, 0.6) is 11.6 Å². The quantitative estimate of drug-likeness (QED) is 0.287. The summed E-state index contributed by atoms with van der Waals surface area (Å²) in [6.07, 6.45) is 1.60. The van der Waals surface area contributed by atoms with E-state index in [1.54, 1.807) is 42.6 Å². The predicted octanol–water partition coefficient (Wildman–Crippen LogP) is 7.28. The molecule has 0 spiro atoms. The van der Waals surface area contributed by atoms with E-state index in [-0.39, 0.29) is 11.8 Å². The average molecular weight is 465 g/mol. The lowest BCUT2D eigenvalue weighted by Crippen LogP contribution is -2.24. The largest absolute Gasteiger partial charge is 0.438 e. The Hall–Kier alpha value is -4.15. The Bertz CT molecular complexity index is 1450. The first kappa shape index (κ1) is 21.7. The van der Waals surface area contributed by atoms with E-state index in [2.05, 4.69) is 46.7 Å². The van der Waals surface area contributed by atoms with Crippen molar-refractivity contribution in [3.8, 4) is 22.8 Å². The van der Waals surface area contributed by atoms with Crippen LogP contribution in [0.2, 0.25) is 5.02 Å². The highest BCUT2D eigenvalue weighted by atomic mass is 35.5. The molecular weight excluding hydrogens is 444 g/mol. The van der Waals surface area contributed by atoms with E-state index in [0.717, 1.165) is 27.5 Å². The van der Waals surface area contributed by atoms with Crippen LogP contribution in [0.4, 0.5) is 0 Å². The zero-order valence-electron chi connectivity index (χ0n) is 18.2. The van der Waals surface area contributed by atoms with Crippen molar-refractivity contribution < 1.29 is 9.53 Å². The third kappa shape index (κ3) is 4.63. The zero-order chi connectivity index (χ0) is 23.3. The summed E-state index contributed by atoms with van der Waals surface area (Å²) in [6.45, 7) is 0.364. The van der Waals surface area contributed by atoms with Crippen LogP contribution in [0.3, 0.4) is 0 Å². The van der Waals surface area contributed by atoms with Crippen LogP contribution >= 0.6 is 11.6 Å². The Morgan fingerprint density at radius 1 is 0.824 bits per heavy atom. The van der Waals surface area contributed by atoms with E-state index in [4.69, 9.17) is 16.3 Å². The van der Waals surface area contributed by atoms with Crippen LogP contribution in [0, 0.1) is 0 Å². The molecule has 166 valence electrons. The SMILES string of the molecule is O=C(NCc1ccc2ccccc2c1-c1ccccc1)c1cccnc1Oc1ccc(Cl)cc1. The van der Waals surface area contributed by atoms with Gasteiger partial charge in [0.1, 0.15) is 11.3 Å². The molecule has 0 aliphatic carbocycles. The first-order valence-electron chi connectivity index (χ1n) is 10.9. The summed E-state index contributed by atoms with van der Waals surface area (Å²) in [7, 11) is 0. The lowest BCUT2D eigenvalue weighted by Gasteiger charge is -2.15. The molecule has 5 rings (SSSR count). The molecule has 0 aliphatic heterocycles. The molecule has 34 heavy (non-hydrogen) atoms. The molecule has 1 aromatic heterocycles. The number of aromatic nitrogens is 1. The van der Waals surface area contributed by atoms with Crippen LogP contribution in [0.25, 0.3) is 21.9 Å². The summed E-state index contributed by atoms with van der Waals surface area (Å²) >= 11 is 5.95. The smallest absolute Gasteiger partial charge is 0.257 e. The zero-order valence-corrected chi connectivity index (χ0v) is 19.0. The number of pyridine rings is 1. The first-order chi connectivity index (χ1) is 16.7. The van der Waals surface area contributed by atoms with Gasteiger partial charge in [0, 0.05) is 17.8 Å². The number of halogens is 1. The van der Waals surface area contributed by atoms with Gasteiger partial charge in [-0.15, -0.1) is 0 Å². The van der Waals surface area contributed by atoms with Crippen molar-refractivity contribution in [3.63, 3.8) is 0 Å². The first-order valence-corrected chi connectivity index (χ1v) is 11.3. The van der Waals surface area contributed by atoms with Gasteiger partial charge in [-0.05, 0) is 63.9 Å². The fourth-order valence-corrected chi connectivity index (χ4v) is 4.07. The van der Waals surface area contributed by atoms with Crippen molar-refractivity contribution in [3.05, 3.63) is 125 Å². The highest BCUT2D eigenvalue weighted by molar-refractivity contribution is 6.30. The Morgan fingerprint density at radius 3 is 2.41 bits per heavy atom. The normalized spacial score (nSPS) is 10.7. The molecule has 5 aromatic rings. The summed E-state index contributed by atoms with van der Waals surface area (Å²) in [6, 6.07) is 33.0. The molecule has 1 amide bonds. The molecule has 0 saturated heterocycles. The van der Waals surface area contributed by atoms with E-state index < -0.39 is 0 Å². The van der Waals surface area contributed by atoms with Crippen molar-refractivity contribution in [1.29, 1.82) is 0 Å². The lowest BCUT2D eigenvalue weighted by molar-refractivity contribution is 0.0948. The van der Waals surface area contributed by atoms with Gasteiger partial charge in [0.05, 0.1) is 0 Å². The van der Waals surface area contributed by atoms with Gasteiger partial charge in [-0.1, -0.05) is 78.3 Å². The standard InChI is InChI=1S/C29H21ClN2O2/c30-23-14-16-24(17-15-23)34-29-26(11-6-18-31-29)28(33)32-19-22-13-12-20-7-4-5-10-25(20)27(22)21-8-2-1-3-9-21/h1-18H,19H2,(H,32,33). The topological polar surface area (TPSA) is 51.2 Å². The van der Waals surface area contributed by atoms with Crippen LogP contribution in [0.1, 0.15) is 15.9 Å². The minimum absolute atomic E-state index is 0.240. The van der Waals surface area contributed by atoms with E-state index in [9.17, 15) is 4.79 Å². The third-order valence-electron chi connectivity index (χ3n) is 5.56. The van der Waals surface area contributed by atoms with Gasteiger partial charge in [0.2, 0.25) is 5.88 Å². The third-order valence-corrected chi connectivity index (χ3v) is 5.81. The maximum absolute atomic E-state index is 13.1. The molecule has 0 unspecified atom stereocenters. The number of amides is 1.